The molecule has 1 aromatic carbocycles. The molecule has 2 aliphatic rings. The fourth-order valence-corrected chi connectivity index (χ4v) is 4.28. The minimum Gasteiger partial charge on any atom is -0.373 e. The molecule has 0 aliphatic carbocycles. The zero-order chi connectivity index (χ0) is 17.9. The minimum absolute atomic E-state index is 0.108. The van der Waals surface area contributed by atoms with Gasteiger partial charge >= 0.3 is 0 Å². The Hall–Kier alpha value is -1.46. The summed E-state index contributed by atoms with van der Waals surface area (Å²) in [5.74, 6) is -0.161. The van der Waals surface area contributed by atoms with Crippen LogP contribution >= 0.6 is 0 Å². The summed E-state index contributed by atoms with van der Waals surface area (Å²) in [6.45, 7) is 8.75. The van der Waals surface area contributed by atoms with Crippen LogP contribution in [0.1, 0.15) is 38.7 Å². The summed E-state index contributed by atoms with van der Waals surface area (Å²) >= 11 is 0. The molecule has 0 aromatic heterocycles. The van der Waals surface area contributed by atoms with Gasteiger partial charge in [-0.15, -0.1) is 0 Å². The third-order valence-electron chi connectivity index (χ3n) is 5.73. The molecule has 0 saturated carbocycles. The number of carbonyl (C=O) groups excluding carboxylic acids is 1. The molecule has 2 heterocycles. The van der Waals surface area contributed by atoms with Crippen LogP contribution in [0.2, 0.25) is 0 Å². The van der Waals surface area contributed by atoms with Crippen molar-refractivity contribution in [1.29, 1.82) is 0 Å². The fourth-order valence-electron chi connectivity index (χ4n) is 4.28. The maximum atomic E-state index is 13.0. The maximum absolute atomic E-state index is 13.0. The van der Waals surface area contributed by atoms with E-state index in [4.69, 9.17) is 4.74 Å². The van der Waals surface area contributed by atoms with Crippen molar-refractivity contribution in [2.45, 2.75) is 51.2 Å². The van der Waals surface area contributed by atoms with Crippen LogP contribution in [0.4, 0.5) is 4.39 Å². The Labute approximate surface area is 149 Å². The Bertz CT molecular complexity index is 588. The number of benzene rings is 1. The van der Waals surface area contributed by atoms with Crippen molar-refractivity contribution < 1.29 is 13.9 Å². The van der Waals surface area contributed by atoms with E-state index in [0.717, 1.165) is 51.1 Å². The summed E-state index contributed by atoms with van der Waals surface area (Å²) in [5, 5.41) is 0. The maximum Gasteiger partial charge on any atom is 0.227 e. The van der Waals surface area contributed by atoms with E-state index in [9.17, 15) is 9.18 Å². The second-order valence-electron chi connectivity index (χ2n) is 7.27. The standard InChI is InChI=1S/C20H29FN2O2/c1-3-22(4-2)18-9-12-25-20(14-18)10-11-23(15-20)19(24)13-16-5-7-17(21)8-6-16/h5-8,18H,3-4,9-15H2,1-2H3/t18-,20-/m1/s1. The first kappa shape index (κ1) is 18.3. The molecule has 2 fully saturated rings. The lowest BCUT2D eigenvalue weighted by Gasteiger charge is -2.42. The van der Waals surface area contributed by atoms with Crippen LogP contribution < -0.4 is 0 Å². The van der Waals surface area contributed by atoms with Crippen LogP contribution in [0.3, 0.4) is 0 Å². The van der Waals surface area contributed by atoms with Crippen molar-refractivity contribution in [3.8, 4) is 0 Å². The van der Waals surface area contributed by atoms with Gasteiger partial charge < -0.3 is 14.5 Å². The summed E-state index contributed by atoms with van der Waals surface area (Å²) in [4.78, 5) is 17.1. The van der Waals surface area contributed by atoms with Crippen LogP contribution in [-0.4, -0.2) is 60.1 Å². The first-order chi connectivity index (χ1) is 12.0. The average molecular weight is 348 g/mol. The SMILES string of the molecule is CCN(CC)[C@@H]1CCO[C@]2(CCN(C(=O)Cc3ccc(F)cc3)C2)C1. The van der Waals surface area contributed by atoms with Crippen molar-refractivity contribution in [2.75, 3.05) is 32.8 Å². The summed E-state index contributed by atoms with van der Waals surface area (Å²) < 4.78 is 19.2. The first-order valence-electron chi connectivity index (χ1n) is 9.45. The summed E-state index contributed by atoms with van der Waals surface area (Å²) in [6.07, 6.45) is 3.33. The smallest absolute Gasteiger partial charge is 0.227 e. The van der Waals surface area contributed by atoms with Gasteiger partial charge in [-0.1, -0.05) is 26.0 Å². The molecular formula is C20H29FN2O2. The summed E-state index contributed by atoms with van der Waals surface area (Å²) in [7, 11) is 0. The molecule has 1 spiro atoms. The molecule has 2 saturated heterocycles. The number of carbonyl (C=O) groups is 1. The molecule has 4 nitrogen and oxygen atoms in total. The van der Waals surface area contributed by atoms with E-state index in [0.29, 0.717) is 19.0 Å². The molecule has 1 aromatic rings. The van der Waals surface area contributed by atoms with E-state index in [1.165, 1.54) is 12.1 Å². The van der Waals surface area contributed by atoms with E-state index >= 15 is 0 Å². The lowest BCUT2D eigenvalue weighted by Crippen LogP contribution is -2.50. The van der Waals surface area contributed by atoms with Gasteiger partial charge in [-0.05, 0) is 50.0 Å². The predicted octanol–water partition coefficient (Wildman–Crippen LogP) is 2.86. The highest BCUT2D eigenvalue weighted by molar-refractivity contribution is 5.79. The molecular weight excluding hydrogens is 319 g/mol. The Morgan fingerprint density at radius 3 is 2.72 bits per heavy atom. The number of hydrogen-bond acceptors (Lipinski definition) is 3. The quantitative estimate of drug-likeness (QED) is 0.820. The zero-order valence-corrected chi connectivity index (χ0v) is 15.3. The molecule has 25 heavy (non-hydrogen) atoms. The number of hydrogen-bond donors (Lipinski definition) is 0. The molecule has 3 rings (SSSR count). The van der Waals surface area contributed by atoms with Crippen molar-refractivity contribution in [1.82, 2.24) is 9.80 Å². The molecule has 1 amide bonds. The van der Waals surface area contributed by atoms with Crippen LogP contribution in [0, 0.1) is 5.82 Å². The van der Waals surface area contributed by atoms with Crippen LogP contribution in [0.5, 0.6) is 0 Å². The lowest BCUT2D eigenvalue weighted by molar-refractivity contribution is -0.133. The second kappa shape index (κ2) is 7.83. The minimum atomic E-state index is -0.269. The van der Waals surface area contributed by atoms with Gasteiger partial charge in [-0.2, -0.15) is 0 Å². The molecule has 0 N–H and O–H groups in total. The Morgan fingerprint density at radius 2 is 2.04 bits per heavy atom. The largest absolute Gasteiger partial charge is 0.373 e. The third kappa shape index (κ3) is 4.21. The van der Waals surface area contributed by atoms with Crippen molar-refractivity contribution >= 4 is 5.91 Å². The topological polar surface area (TPSA) is 32.8 Å². The van der Waals surface area contributed by atoms with Crippen LogP contribution in [0.15, 0.2) is 24.3 Å². The third-order valence-corrected chi connectivity index (χ3v) is 5.73. The number of likely N-dealkylation sites (tertiary alicyclic amines) is 1. The van der Waals surface area contributed by atoms with Gasteiger partial charge in [0.25, 0.3) is 0 Å². The van der Waals surface area contributed by atoms with E-state index in [-0.39, 0.29) is 17.3 Å². The fraction of sp³-hybridized carbons (Fsp3) is 0.650. The summed E-state index contributed by atoms with van der Waals surface area (Å²) in [6, 6.07) is 6.75. The Morgan fingerprint density at radius 1 is 1.32 bits per heavy atom. The number of ether oxygens (including phenoxy) is 1. The van der Waals surface area contributed by atoms with Gasteiger partial charge in [0.15, 0.2) is 0 Å². The molecule has 0 unspecified atom stereocenters. The molecule has 138 valence electrons. The first-order valence-corrected chi connectivity index (χ1v) is 9.45. The Kier molecular flexibility index (Phi) is 5.74. The number of rotatable bonds is 5. The van der Waals surface area contributed by atoms with Gasteiger partial charge in [0.1, 0.15) is 5.82 Å². The van der Waals surface area contributed by atoms with E-state index in [1.807, 2.05) is 4.90 Å². The number of halogens is 1. The second-order valence-corrected chi connectivity index (χ2v) is 7.27. The highest BCUT2D eigenvalue weighted by atomic mass is 19.1. The normalized spacial score (nSPS) is 26.6. The molecule has 2 atom stereocenters. The Balaban J connectivity index is 1.60. The van der Waals surface area contributed by atoms with E-state index < -0.39 is 0 Å². The predicted molar refractivity (Wildman–Crippen MR) is 95.9 cm³/mol. The number of nitrogens with zero attached hydrogens (tertiary/aromatic N) is 2. The van der Waals surface area contributed by atoms with Gasteiger partial charge in [0, 0.05) is 25.7 Å². The average Bonchev–Trinajstić information content (AvgIpc) is 3.01. The molecule has 2 aliphatic heterocycles. The van der Waals surface area contributed by atoms with Crippen LogP contribution in [-0.2, 0) is 16.0 Å². The van der Waals surface area contributed by atoms with Gasteiger partial charge in [-0.25, -0.2) is 4.39 Å². The zero-order valence-electron chi connectivity index (χ0n) is 15.3. The molecule has 0 bridgehead atoms. The number of amides is 1. The van der Waals surface area contributed by atoms with Gasteiger partial charge in [-0.3, -0.25) is 4.79 Å². The monoisotopic (exact) mass is 348 g/mol. The molecule has 5 heteroatoms. The van der Waals surface area contributed by atoms with Crippen molar-refractivity contribution in [3.05, 3.63) is 35.6 Å². The lowest BCUT2D eigenvalue weighted by atomic mass is 9.88. The van der Waals surface area contributed by atoms with Gasteiger partial charge in [0.2, 0.25) is 5.91 Å². The highest BCUT2D eigenvalue weighted by Gasteiger charge is 2.45. The van der Waals surface area contributed by atoms with E-state index in [2.05, 4.69) is 18.7 Å². The van der Waals surface area contributed by atoms with Crippen LogP contribution in [0.25, 0.3) is 0 Å². The summed E-state index contributed by atoms with van der Waals surface area (Å²) in [5.41, 5.74) is 0.683. The van der Waals surface area contributed by atoms with Crippen molar-refractivity contribution in [3.63, 3.8) is 0 Å². The molecule has 0 radical (unpaired) electrons. The van der Waals surface area contributed by atoms with E-state index in [1.54, 1.807) is 12.1 Å². The highest BCUT2D eigenvalue weighted by Crippen LogP contribution is 2.36. The van der Waals surface area contributed by atoms with Gasteiger partial charge in [0.05, 0.1) is 12.0 Å². The van der Waals surface area contributed by atoms with Crippen molar-refractivity contribution in [2.24, 2.45) is 0 Å².